The number of hydrogen-bond donors (Lipinski definition) is 1. The molecule has 1 aromatic heterocycles. The van der Waals surface area contributed by atoms with Crippen LogP contribution >= 0.6 is 0 Å². The van der Waals surface area contributed by atoms with Crippen LogP contribution in [-0.2, 0) is 17.7 Å². The predicted molar refractivity (Wildman–Crippen MR) is 69.6 cm³/mol. The molecule has 0 unspecified atom stereocenters. The third-order valence-corrected chi connectivity index (χ3v) is 2.95. The fraction of sp³-hybridized carbons (Fsp3) is 0.308. The van der Waals surface area contributed by atoms with Crippen molar-refractivity contribution in [3.63, 3.8) is 0 Å². The lowest BCUT2D eigenvalue weighted by Crippen LogP contribution is -2.15. The van der Waals surface area contributed by atoms with Crippen LogP contribution in [0.15, 0.2) is 18.2 Å². The van der Waals surface area contributed by atoms with Crippen molar-refractivity contribution < 1.29 is 18.3 Å². The standard InChI is InChI=1S/C13H14F2N4O2/c1-21-13(20)12-10(5-6-16)19(18-17-12)7-8-3-2-4-9(14)11(8)15/h2-4H,5-7,16H2,1H3. The molecular weight excluding hydrogens is 282 g/mol. The summed E-state index contributed by atoms with van der Waals surface area (Å²) in [6.07, 6.45) is 0.314. The summed E-state index contributed by atoms with van der Waals surface area (Å²) in [6, 6.07) is 3.86. The molecule has 2 aromatic rings. The second kappa shape index (κ2) is 6.40. The number of carbonyl (C=O) groups is 1. The van der Waals surface area contributed by atoms with Crippen LogP contribution < -0.4 is 5.73 Å². The third kappa shape index (κ3) is 3.05. The molecule has 0 radical (unpaired) electrons. The van der Waals surface area contributed by atoms with Gasteiger partial charge in [-0.1, -0.05) is 17.3 Å². The minimum absolute atomic E-state index is 0.0276. The molecule has 0 amide bonds. The summed E-state index contributed by atoms with van der Waals surface area (Å²) in [6.45, 7) is 0.200. The molecule has 2 N–H and O–H groups in total. The number of esters is 1. The molecule has 2 rings (SSSR count). The van der Waals surface area contributed by atoms with E-state index in [0.717, 1.165) is 6.07 Å². The van der Waals surface area contributed by atoms with Gasteiger partial charge in [0.15, 0.2) is 17.3 Å². The lowest BCUT2D eigenvalue weighted by Gasteiger charge is -2.08. The maximum atomic E-state index is 13.7. The van der Waals surface area contributed by atoms with Crippen LogP contribution in [0.2, 0.25) is 0 Å². The molecule has 0 saturated carbocycles. The van der Waals surface area contributed by atoms with Crippen molar-refractivity contribution in [1.29, 1.82) is 0 Å². The summed E-state index contributed by atoms with van der Waals surface area (Å²) in [5.41, 5.74) is 6.05. The Morgan fingerprint density at radius 3 is 2.86 bits per heavy atom. The molecule has 0 aliphatic carbocycles. The van der Waals surface area contributed by atoms with Crippen molar-refractivity contribution in [1.82, 2.24) is 15.0 Å². The van der Waals surface area contributed by atoms with Gasteiger partial charge in [-0.2, -0.15) is 0 Å². The topological polar surface area (TPSA) is 83.0 Å². The number of nitrogens with zero attached hydrogens (tertiary/aromatic N) is 3. The van der Waals surface area contributed by atoms with E-state index in [-0.39, 0.29) is 24.3 Å². The molecule has 0 atom stereocenters. The average molecular weight is 296 g/mol. The van der Waals surface area contributed by atoms with Crippen molar-refractivity contribution >= 4 is 5.97 Å². The van der Waals surface area contributed by atoms with Gasteiger partial charge >= 0.3 is 5.97 Å². The van der Waals surface area contributed by atoms with E-state index in [4.69, 9.17) is 5.73 Å². The van der Waals surface area contributed by atoms with Crippen molar-refractivity contribution in [2.45, 2.75) is 13.0 Å². The molecule has 112 valence electrons. The van der Waals surface area contributed by atoms with E-state index in [2.05, 4.69) is 15.0 Å². The molecule has 0 aliphatic rings. The second-order valence-electron chi connectivity index (χ2n) is 4.29. The van der Waals surface area contributed by atoms with Gasteiger partial charge in [-0.3, -0.25) is 0 Å². The predicted octanol–water partition coefficient (Wildman–Crippen LogP) is 0.892. The molecule has 8 heteroatoms. The highest BCUT2D eigenvalue weighted by molar-refractivity contribution is 5.88. The Labute approximate surface area is 119 Å². The quantitative estimate of drug-likeness (QED) is 0.829. The Bertz CT molecular complexity index is 658. The van der Waals surface area contributed by atoms with Gasteiger partial charge in [0.05, 0.1) is 19.3 Å². The van der Waals surface area contributed by atoms with Crippen LogP contribution in [-0.4, -0.2) is 34.6 Å². The zero-order valence-electron chi connectivity index (χ0n) is 11.3. The normalized spacial score (nSPS) is 10.7. The van der Waals surface area contributed by atoms with Gasteiger partial charge in [-0.15, -0.1) is 5.10 Å². The molecule has 6 nitrogen and oxygen atoms in total. The van der Waals surface area contributed by atoms with Gasteiger partial charge < -0.3 is 10.5 Å². The largest absolute Gasteiger partial charge is 0.464 e. The van der Waals surface area contributed by atoms with Gasteiger partial charge in [-0.05, 0) is 12.6 Å². The fourth-order valence-electron chi connectivity index (χ4n) is 1.93. The molecule has 0 aliphatic heterocycles. The number of ether oxygens (including phenoxy) is 1. The zero-order chi connectivity index (χ0) is 15.4. The monoisotopic (exact) mass is 296 g/mol. The van der Waals surface area contributed by atoms with Crippen molar-refractivity contribution in [2.24, 2.45) is 5.73 Å². The minimum Gasteiger partial charge on any atom is -0.464 e. The molecule has 0 saturated heterocycles. The highest BCUT2D eigenvalue weighted by Gasteiger charge is 2.20. The number of halogens is 2. The first-order valence-electron chi connectivity index (χ1n) is 6.22. The molecule has 0 spiro atoms. The summed E-state index contributed by atoms with van der Waals surface area (Å²) in [5.74, 6) is -2.54. The molecule has 0 bridgehead atoms. The molecule has 0 fully saturated rings. The van der Waals surface area contributed by atoms with Crippen LogP contribution in [0.1, 0.15) is 21.7 Å². The maximum absolute atomic E-state index is 13.7. The highest BCUT2D eigenvalue weighted by atomic mass is 19.2. The van der Waals surface area contributed by atoms with Gasteiger partial charge in [0.2, 0.25) is 0 Å². The Morgan fingerprint density at radius 1 is 1.43 bits per heavy atom. The van der Waals surface area contributed by atoms with Crippen molar-refractivity contribution in [2.75, 3.05) is 13.7 Å². The SMILES string of the molecule is COC(=O)c1nnn(Cc2cccc(F)c2F)c1CCN. The second-order valence-corrected chi connectivity index (χ2v) is 4.29. The number of methoxy groups -OCH3 is 1. The zero-order valence-corrected chi connectivity index (χ0v) is 11.3. The van der Waals surface area contributed by atoms with E-state index < -0.39 is 17.6 Å². The van der Waals surface area contributed by atoms with E-state index in [0.29, 0.717) is 12.1 Å². The van der Waals surface area contributed by atoms with E-state index in [1.807, 2.05) is 0 Å². The maximum Gasteiger partial charge on any atom is 0.360 e. The number of aromatic nitrogens is 3. The third-order valence-electron chi connectivity index (χ3n) is 2.95. The summed E-state index contributed by atoms with van der Waals surface area (Å²) in [4.78, 5) is 11.6. The average Bonchev–Trinajstić information content (AvgIpc) is 2.86. The van der Waals surface area contributed by atoms with Crippen LogP contribution in [0.4, 0.5) is 8.78 Å². The lowest BCUT2D eigenvalue weighted by atomic mass is 10.2. The highest BCUT2D eigenvalue weighted by Crippen LogP contribution is 2.15. The van der Waals surface area contributed by atoms with Crippen LogP contribution in [0.25, 0.3) is 0 Å². The Hall–Kier alpha value is -2.35. The van der Waals surface area contributed by atoms with E-state index in [1.54, 1.807) is 0 Å². The number of nitrogens with two attached hydrogens (primary N) is 1. The molecular formula is C13H14F2N4O2. The van der Waals surface area contributed by atoms with Gasteiger partial charge in [0, 0.05) is 12.0 Å². The first-order chi connectivity index (χ1) is 10.1. The first-order valence-corrected chi connectivity index (χ1v) is 6.22. The Balaban J connectivity index is 2.38. The van der Waals surface area contributed by atoms with Crippen LogP contribution in [0.3, 0.4) is 0 Å². The van der Waals surface area contributed by atoms with Gasteiger partial charge in [-0.25, -0.2) is 18.3 Å². The number of hydrogen-bond acceptors (Lipinski definition) is 5. The van der Waals surface area contributed by atoms with E-state index in [1.165, 1.54) is 23.9 Å². The minimum atomic E-state index is -0.952. The molecule has 1 aromatic carbocycles. The summed E-state index contributed by atoms with van der Waals surface area (Å²) < 4.78 is 32.8. The van der Waals surface area contributed by atoms with Crippen molar-refractivity contribution in [3.8, 4) is 0 Å². The molecule has 21 heavy (non-hydrogen) atoms. The number of rotatable bonds is 5. The summed E-state index contributed by atoms with van der Waals surface area (Å²) in [7, 11) is 1.22. The fourth-order valence-corrected chi connectivity index (χ4v) is 1.93. The van der Waals surface area contributed by atoms with Crippen LogP contribution in [0, 0.1) is 11.6 Å². The smallest absolute Gasteiger partial charge is 0.360 e. The Kier molecular flexibility index (Phi) is 4.59. The number of benzene rings is 1. The summed E-state index contributed by atoms with van der Waals surface area (Å²) in [5, 5.41) is 7.51. The van der Waals surface area contributed by atoms with Crippen LogP contribution in [0.5, 0.6) is 0 Å². The number of carbonyl (C=O) groups excluding carboxylic acids is 1. The molecule has 1 heterocycles. The van der Waals surface area contributed by atoms with E-state index >= 15 is 0 Å². The van der Waals surface area contributed by atoms with Gasteiger partial charge in [0.25, 0.3) is 0 Å². The summed E-state index contributed by atoms with van der Waals surface area (Å²) >= 11 is 0. The van der Waals surface area contributed by atoms with Gasteiger partial charge in [0.1, 0.15) is 0 Å². The van der Waals surface area contributed by atoms with E-state index in [9.17, 15) is 13.6 Å². The van der Waals surface area contributed by atoms with Crippen molar-refractivity contribution in [3.05, 3.63) is 46.8 Å². The lowest BCUT2D eigenvalue weighted by molar-refractivity contribution is 0.0592. The Morgan fingerprint density at radius 2 is 2.19 bits per heavy atom. The first kappa shape index (κ1) is 15.0.